The number of piperazine rings is 1. The normalized spacial score (nSPS) is 18.0. The number of esters is 1. The molecule has 1 saturated heterocycles. The van der Waals surface area contributed by atoms with E-state index in [2.05, 4.69) is 14.8 Å². The molecule has 1 aliphatic heterocycles. The minimum Gasteiger partial charge on any atom is -0.462 e. The van der Waals surface area contributed by atoms with Gasteiger partial charge < -0.3 is 14.6 Å². The summed E-state index contributed by atoms with van der Waals surface area (Å²) in [6.45, 7) is 8.95. The molecule has 1 fully saturated rings. The Kier molecular flexibility index (Phi) is 10.4. The first-order valence-corrected chi connectivity index (χ1v) is 14.1. The highest BCUT2D eigenvalue weighted by atomic mass is 19.4. The van der Waals surface area contributed by atoms with E-state index < -0.39 is 17.8 Å². The van der Waals surface area contributed by atoms with Gasteiger partial charge in [0.2, 0.25) is 0 Å². The van der Waals surface area contributed by atoms with E-state index in [-0.39, 0.29) is 18.1 Å². The zero-order valence-corrected chi connectivity index (χ0v) is 24.2. The summed E-state index contributed by atoms with van der Waals surface area (Å²) in [6.07, 6.45) is -1.25. The second-order valence-corrected chi connectivity index (χ2v) is 10.7. The summed E-state index contributed by atoms with van der Waals surface area (Å²) >= 11 is 0. The first kappa shape index (κ1) is 31.6. The minimum absolute atomic E-state index is 0.201. The van der Waals surface area contributed by atoms with Gasteiger partial charge in [-0.3, -0.25) is 19.6 Å². The number of nitrogens with zero attached hydrogens (tertiary/aromatic N) is 3. The lowest BCUT2D eigenvalue weighted by Gasteiger charge is -2.40. The Morgan fingerprint density at radius 3 is 2.36 bits per heavy atom. The molecule has 0 saturated carbocycles. The lowest BCUT2D eigenvalue weighted by Crippen LogP contribution is -2.56. The number of rotatable bonds is 11. The van der Waals surface area contributed by atoms with Crippen molar-refractivity contribution in [3.05, 3.63) is 89.2 Å². The summed E-state index contributed by atoms with van der Waals surface area (Å²) in [5.41, 5.74) is 1.59. The first-order chi connectivity index (χ1) is 20.0. The van der Waals surface area contributed by atoms with E-state index in [1.807, 2.05) is 44.2 Å². The number of carbonyl (C=O) groups excluding carboxylic acids is 1. The minimum atomic E-state index is -4.77. The average molecular weight is 586 g/mol. The monoisotopic (exact) mass is 585 g/mol. The summed E-state index contributed by atoms with van der Waals surface area (Å²) in [7, 11) is 0. The molecular weight excluding hydrogens is 547 g/mol. The highest BCUT2D eigenvalue weighted by Crippen LogP contribution is 2.39. The molecule has 1 unspecified atom stereocenters. The van der Waals surface area contributed by atoms with Crippen molar-refractivity contribution in [3.8, 4) is 11.1 Å². The number of alkyl halides is 3. The van der Waals surface area contributed by atoms with Crippen LogP contribution in [0.1, 0.15) is 36.1 Å². The Hall–Kier alpha value is -3.31. The van der Waals surface area contributed by atoms with Crippen molar-refractivity contribution >= 4 is 5.97 Å². The van der Waals surface area contributed by atoms with Gasteiger partial charge in [-0.05, 0) is 66.3 Å². The van der Waals surface area contributed by atoms with Gasteiger partial charge >= 0.3 is 12.1 Å². The summed E-state index contributed by atoms with van der Waals surface area (Å²) < 4.78 is 50.6. The van der Waals surface area contributed by atoms with Crippen LogP contribution in [-0.4, -0.2) is 77.5 Å². The van der Waals surface area contributed by atoms with Gasteiger partial charge in [0.25, 0.3) is 0 Å². The maximum absolute atomic E-state index is 13.2. The van der Waals surface area contributed by atoms with Crippen molar-refractivity contribution in [2.24, 2.45) is 0 Å². The van der Waals surface area contributed by atoms with Gasteiger partial charge in [-0.25, -0.2) is 0 Å². The molecule has 10 heteroatoms. The van der Waals surface area contributed by atoms with Crippen LogP contribution < -0.4 is 0 Å². The molecule has 1 aliphatic rings. The Labute approximate surface area is 244 Å². The molecule has 42 heavy (non-hydrogen) atoms. The standard InChI is InChI=1S/C32H38F3N3O4/c1-4-41-17-18-42-30(39)29-22-37(20-24-11-13-36-14-12-24)15-16-38(29)21-25-5-10-28(23(2)19-25)26-6-8-27(9-7-26)31(3,40)32(33,34)35/h5-14,19,29,40H,4,15-18,20-22H2,1-3H3/t29-,31?/m0/s1. The maximum Gasteiger partial charge on any atom is 0.421 e. The van der Waals surface area contributed by atoms with E-state index in [9.17, 15) is 23.1 Å². The average Bonchev–Trinajstić information content (AvgIpc) is 2.96. The SMILES string of the molecule is CCOCCOC(=O)[C@@H]1CN(Cc2ccncc2)CCN1Cc1ccc(-c2ccc(C(C)(O)C(F)(F)F)cc2)c(C)c1. The lowest BCUT2D eigenvalue weighted by molar-refractivity contribution is -0.258. The number of hydrogen-bond acceptors (Lipinski definition) is 7. The van der Waals surface area contributed by atoms with Crippen LogP contribution in [-0.2, 0) is 33.0 Å². The van der Waals surface area contributed by atoms with E-state index >= 15 is 0 Å². The number of aryl methyl sites for hydroxylation is 1. The molecule has 0 bridgehead atoms. The number of ether oxygens (including phenoxy) is 2. The zero-order valence-electron chi connectivity index (χ0n) is 24.2. The van der Waals surface area contributed by atoms with Gasteiger partial charge in [0.05, 0.1) is 6.61 Å². The highest BCUT2D eigenvalue weighted by molar-refractivity contribution is 5.76. The number of pyridine rings is 1. The largest absolute Gasteiger partial charge is 0.462 e. The fourth-order valence-corrected chi connectivity index (χ4v) is 5.14. The van der Waals surface area contributed by atoms with Crippen molar-refractivity contribution in [3.63, 3.8) is 0 Å². The fraction of sp³-hybridized carbons (Fsp3) is 0.438. The van der Waals surface area contributed by atoms with Crippen LogP contribution in [0.2, 0.25) is 0 Å². The molecule has 1 N–H and O–H groups in total. The predicted molar refractivity (Wildman–Crippen MR) is 153 cm³/mol. The van der Waals surface area contributed by atoms with Crippen LogP contribution in [0.25, 0.3) is 11.1 Å². The van der Waals surface area contributed by atoms with Crippen LogP contribution in [0.4, 0.5) is 13.2 Å². The third kappa shape index (κ3) is 7.74. The van der Waals surface area contributed by atoms with Crippen LogP contribution >= 0.6 is 0 Å². The molecule has 0 spiro atoms. The second-order valence-electron chi connectivity index (χ2n) is 10.7. The van der Waals surface area contributed by atoms with Crippen molar-refractivity contribution in [2.75, 3.05) is 39.5 Å². The van der Waals surface area contributed by atoms with Gasteiger partial charge in [-0.15, -0.1) is 0 Å². The quantitative estimate of drug-likeness (QED) is 0.248. The maximum atomic E-state index is 13.2. The van der Waals surface area contributed by atoms with E-state index in [4.69, 9.17) is 9.47 Å². The Bertz CT molecular complexity index is 1320. The van der Waals surface area contributed by atoms with Gasteiger partial charge in [0, 0.05) is 51.7 Å². The third-order valence-corrected chi connectivity index (χ3v) is 7.67. The molecule has 2 atom stereocenters. The molecule has 3 aromatic rings. The molecule has 0 aliphatic carbocycles. The summed E-state index contributed by atoms with van der Waals surface area (Å²) in [4.78, 5) is 21.6. The van der Waals surface area contributed by atoms with Gasteiger partial charge in [0.1, 0.15) is 12.6 Å². The number of aliphatic hydroxyl groups is 1. The summed E-state index contributed by atoms with van der Waals surface area (Å²) in [5.74, 6) is -0.280. The number of halogens is 3. The topological polar surface area (TPSA) is 75.1 Å². The van der Waals surface area contributed by atoms with Crippen LogP contribution in [0, 0.1) is 6.92 Å². The number of hydrogen-bond donors (Lipinski definition) is 1. The molecule has 2 aromatic carbocycles. The van der Waals surface area contributed by atoms with E-state index in [0.717, 1.165) is 41.3 Å². The van der Waals surface area contributed by atoms with Crippen LogP contribution in [0.3, 0.4) is 0 Å². The fourth-order valence-electron chi connectivity index (χ4n) is 5.14. The Morgan fingerprint density at radius 1 is 1.00 bits per heavy atom. The van der Waals surface area contributed by atoms with Crippen molar-refractivity contribution in [1.29, 1.82) is 0 Å². The van der Waals surface area contributed by atoms with E-state index in [1.54, 1.807) is 24.5 Å². The number of carbonyl (C=O) groups is 1. The van der Waals surface area contributed by atoms with E-state index in [0.29, 0.717) is 39.4 Å². The smallest absolute Gasteiger partial charge is 0.421 e. The van der Waals surface area contributed by atoms with E-state index in [1.165, 1.54) is 12.1 Å². The molecule has 0 amide bonds. The Balaban J connectivity index is 1.47. The van der Waals surface area contributed by atoms with Crippen molar-refractivity contribution in [1.82, 2.24) is 14.8 Å². The molecule has 2 heterocycles. The predicted octanol–water partition coefficient (Wildman–Crippen LogP) is 5.09. The lowest BCUT2D eigenvalue weighted by atomic mass is 9.92. The molecule has 226 valence electrons. The molecule has 7 nitrogen and oxygen atoms in total. The van der Waals surface area contributed by atoms with Crippen molar-refractivity contribution < 1.29 is 32.5 Å². The van der Waals surface area contributed by atoms with Gasteiger partial charge in [-0.2, -0.15) is 13.2 Å². The molecule has 0 radical (unpaired) electrons. The summed E-state index contributed by atoms with van der Waals surface area (Å²) in [5, 5.41) is 9.98. The van der Waals surface area contributed by atoms with Crippen LogP contribution in [0.5, 0.6) is 0 Å². The third-order valence-electron chi connectivity index (χ3n) is 7.67. The first-order valence-electron chi connectivity index (χ1n) is 14.1. The Morgan fingerprint density at radius 2 is 1.71 bits per heavy atom. The summed E-state index contributed by atoms with van der Waals surface area (Å²) in [6, 6.07) is 15.2. The van der Waals surface area contributed by atoms with Gasteiger partial charge in [0.15, 0.2) is 5.60 Å². The van der Waals surface area contributed by atoms with Crippen LogP contribution in [0.15, 0.2) is 67.0 Å². The van der Waals surface area contributed by atoms with Crippen molar-refractivity contribution in [2.45, 2.75) is 51.7 Å². The molecule has 1 aromatic heterocycles. The highest BCUT2D eigenvalue weighted by Gasteiger charge is 2.51. The van der Waals surface area contributed by atoms with Gasteiger partial charge in [-0.1, -0.05) is 42.5 Å². The molecule has 4 rings (SSSR count). The second kappa shape index (κ2) is 13.8. The number of benzene rings is 2. The molecular formula is C32H38F3N3O4. The number of aromatic nitrogens is 1. The zero-order chi connectivity index (χ0) is 30.3.